The highest BCUT2D eigenvalue weighted by atomic mass is 32.2. The van der Waals surface area contributed by atoms with Crippen LogP contribution in [0.1, 0.15) is 36.8 Å². The van der Waals surface area contributed by atoms with Crippen molar-refractivity contribution in [2.75, 3.05) is 5.32 Å². The molecule has 0 aliphatic carbocycles. The summed E-state index contributed by atoms with van der Waals surface area (Å²) in [5.41, 5.74) is 2.03. The van der Waals surface area contributed by atoms with Crippen LogP contribution in [0.2, 0.25) is 0 Å². The van der Waals surface area contributed by atoms with Gasteiger partial charge in [-0.15, -0.1) is 0 Å². The molecule has 1 aromatic heterocycles. The van der Waals surface area contributed by atoms with Gasteiger partial charge < -0.3 is 9.73 Å². The Hall–Kier alpha value is -2.60. The van der Waals surface area contributed by atoms with Gasteiger partial charge in [-0.05, 0) is 31.0 Å². The summed E-state index contributed by atoms with van der Waals surface area (Å²) in [6.07, 6.45) is 2.48. The zero-order valence-electron chi connectivity index (χ0n) is 15.6. The molecule has 0 aliphatic rings. The Morgan fingerprint density at radius 2 is 1.74 bits per heavy atom. The van der Waals surface area contributed by atoms with Crippen molar-refractivity contribution in [2.45, 2.75) is 49.6 Å². The van der Waals surface area contributed by atoms with Crippen molar-refractivity contribution in [3.63, 3.8) is 0 Å². The number of nitrogens with one attached hydrogen (secondary N) is 1. The molecule has 0 saturated carbocycles. The molecule has 0 fully saturated rings. The summed E-state index contributed by atoms with van der Waals surface area (Å²) >= 11 is 0. The molecule has 0 amide bonds. The predicted molar refractivity (Wildman–Crippen MR) is 106 cm³/mol. The van der Waals surface area contributed by atoms with Crippen molar-refractivity contribution in [1.29, 1.82) is 0 Å². The molecule has 0 bridgehead atoms. The Morgan fingerprint density at radius 1 is 1.04 bits per heavy atom. The molecule has 0 saturated heterocycles. The maximum atomic E-state index is 13.1. The Balaban J connectivity index is 1.94. The molecule has 0 aliphatic heterocycles. The summed E-state index contributed by atoms with van der Waals surface area (Å²) < 4.78 is 32.0. The second-order valence-corrected chi connectivity index (χ2v) is 8.37. The van der Waals surface area contributed by atoms with E-state index < -0.39 is 9.84 Å². The standard InChI is InChI=1S/C21H24N2O3S/c1-3-4-10-19-23-21(27(24,25)18-13-11-16(2)12-14-18)20(26-19)22-15-17-8-6-5-7-9-17/h5-9,11-14,22H,3-4,10,15H2,1-2H3. The Bertz CT molecular complexity index is 978. The number of benzene rings is 2. The van der Waals surface area contributed by atoms with Crippen molar-refractivity contribution >= 4 is 15.7 Å². The topological polar surface area (TPSA) is 72.2 Å². The van der Waals surface area contributed by atoms with E-state index in [4.69, 9.17) is 4.42 Å². The summed E-state index contributed by atoms with van der Waals surface area (Å²) in [5.74, 6) is 0.642. The fraction of sp³-hybridized carbons (Fsp3) is 0.286. The van der Waals surface area contributed by atoms with Gasteiger partial charge >= 0.3 is 0 Å². The van der Waals surface area contributed by atoms with E-state index in [2.05, 4.69) is 17.2 Å². The number of rotatable bonds is 8. The largest absolute Gasteiger partial charge is 0.424 e. The molecule has 0 spiro atoms. The van der Waals surface area contributed by atoms with Crippen LogP contribution in [0, 0.1) is 6.92 Å². The maximum Gasteiger partial charge on any atom is 0.233 e. The molecular formula is C21H24N2O3S. The van der Waals surface area contributed by atoms with Crippen molar-refractivity contribution in [2.24, 2.45) is 0 Å². The number of anilines is 1. The van der Waals surface area contributed by atoms with Gasteiger partial charge in [0, 0.05) is 13.0 Å². The molecule has 0 atom stereocenters. The molecule has 142 valence electrons. The molecule has 3 rings (SSSR count). The molecular weight excluding hydrogens is 360 g/mol. The van der Waals surface area contributed by atoms with E-state index in [-0.39, 0.29) is 15.8 Å². The third-order valence-corrected chi connectivity index (χ3v) is 5.94. The van der Waals surface area contributed by atoms with Gasteiger partial charge in [0.2, 0.25) is 20.7 Å². The summed E-state index contributed by atoms with van der Waals surface area (Å²) in [6.45, 7) is 4.45. The van der Waals surface area contributed by atoms with Gasteiger partial charge in [-0.3, -0.25) is 0 Å². The van der Waals surface area contributed by atoms with E-state index in [0.29, 0.717) is 18.9 Å². The van der Waals surface area contributed by atoms with E-state index in [1.807, 2.05) is 37.3 Å². The zero-order valence-corrected chi connectivity index (χ0v) is 16.4. The van der Waals surface area contributed by atoms with Crippen LogP contribution in [0.4, 0.5) is 5.88 Å². The van der Waals surface area contributed by atoms with Crippen LogP contribution in [0.5, 0.6) is 0 Å². The molecule has 5 nitrogen and oxygen atoms in total. The van der Waals surface area contributed by atoms with Crippen LogP contribution in [0.25, 0.3) is 0 Å². The summed E-state index contributed by atoms with van der Waals surface area (Å²) in [6, 6.07) is 16.5. The van der Waals surface area contributed by atoms with Gasteiger partial charge in [0.25, 0.3) is 0 Å². The van der Waals surface area contributed by atoms with Crippen LogP contribution in [0.3, 0.4) is 0 Å². The number of aryl methyl sites for hydroxylation is 2. The Morgan fingerprint density at radius 3 is 2.41 bits per heavy atom. The highest BCUT2D eigenvalue weighted by Crippen LogP contribution is 2.29. The number of sulfone groups is 1. The monoisotopic (exact) mass is 384 g/mol. The molecule has 2 aromatic carbocycles. The highest BCUT2D eigenvalue weighted by Gasteiger charge is 2.27. The first-order valence-electron chi connectivity index (χ1n) is 9.10. The smallest absolute Gasteiger partial charge is 0.233 e. The number of hydrogen-bond donors (Lipinski definition) is 1. The van der Waals surface area contributed by atoms with Crippen LogP contribution in [0.15, 0.2) is 68.9 Å². The van der Waals surface area contributed by atoms with Crippen LogP contribution in [-0.2, 0) is 22.8 Å². The van der Waals surface area contributed by atoms with Crippen molar-refractivity contribution < 1.29 is 12.8 Å². The number of unbranched alkanes of at least 4 members (excludes halogenated alkanes) is 1. The van der Waals surface area contributed by atoms with Gasteiger partial charge in [0.05, 0.1) is 4.90 Å². The van der Waals surface area contributed by atoms with Crippen LogP contribution >= 0.6 is 0 Å². The molecule has 0 radical (unpaired) electrons. The van der Waals surface area contributed by atoms with Crippen LogP contribution in [-0.4, -0.2) is 13.4 Å². The molecule has 3 aromatic rings. The van der Waals surface area contributed by atoms with E-state index in [1.165, 1.54) is 0 Å². The fourth-order valence-electron chi connectivity index (χ4n) is 2.68. The number of aromatic nitrogens is 1. The van der Waals surface area contributed by atoms with Gasteiger partial charge in [-0.25, -0.2) is 8.42 Å². The number of hydrogen-bond acceptors (Lipinski definition) is 5. The molecule has 27 heavy (non-hydrogen) atoms. The molecule has 6 heteroatoms. The Kier molecular flexibility index (Phi) is 5.96. The quantitative estimate of drug-likeness (QED) is 0.606. The lowest BCUT2D eigenvalue weighted by Gasteiger charge is -2.06. The third-order valence-electron chi connectivity index (χ3n) is 4.27. The number of oxazole rings is 1. The first kappa shape index (κ1) is 19.2. The van der Waals surface area contributed by atoms with E-state index in [9.17, 15) is 8.42 Å². The SMILES string of the molecule is CCCCc1nc(S(=O)(=O)c2ccc(C)cc2)c(NCc2ccccc2)o1. The lowest BCUT2D eigenvalue weighted by Crippen LogP contribution is -2.07. The second kappa shape index (κ2) is 8.39. The van der Waals surface area contributed by atoms with Gasteiger partial charge in [-0.2, -0.15) is 4.98 Å². The summed E-state index contributed by atoms with van der Waals surface area (Å²) in [5, 5.41) is 3.06. The molecule has 0 unspecified atom stereocenters. The predicted octanol–water partition coefficient (Wildman–Crippen LogP) is 4.77. The average Bonchev–Trinajstić information content (AvgIpc) is 3.10. The third kappa shape index (κ3) is 4.57. The zero-order chi connectivity index (χ0) is 19.3. The van der Waals surface area contributed by atoms with Crippen molar-refractivity contribution in [3.8, 4) is 0 Å². The van der Waals surface area contributed by atoms with Gasteiger partial charge in [-0.1, -0.05) is 61.4 Å². The average molecular weight is 385 g/mol. The Labute approximate surface area is 160 Å². The van der Waals surface area contributed by atoms with E-state index >= 15 is 0 Å². The highest BCUT2D eigenvalue weighted by molar-refractivity contribution is 7.91. The molecule has 1 N–H and O–H groups in total. The van der Waals surface area contributed by atoms with Gasteiger partial charge in [0.15, 0.2) is 5.89 Å². The first-order valence-corrected chi connectivity index (χ1v) is 10.6. The van der Waals surface area contributed by atoms with E-state index in [1.54, 1.807) is 24.3 Å². The minimum Gasteiger partial charge on any atom is -0.424 e. The van der Waals surface area contributed by atoms with Crippen molar-refractivity contribution in [1.82, 2.24) is 4.98 Å². The lowest BCUT2D eigenvalue weighted by molar-refractivity contribution is 0.495. The maximum absolute atomic E-state index is 13.1. The van der Waals surface area contributed by atoms with Crippen molar-refractivity contribution in [3.05, 3.63) is 71.6 Å². The molecule has 1 heterocycles. The minimum atomic E-state index is -3.76. The van der Waals surface area contributed by atoms with Crippen LogP contribution < -0.4 is 5.32 Å². The number of nitrogens with zero attached hydrogens (tertiary/aromatic N) is 1. The lowest BCUT2D eigenvalue weighted by atomic mass is 10.2. The van der Waals surface area contributed by atoms with E-state index in [0.717, 1.165) is 24.0 Å². The second-order valence-electron chi connectivity index (χ2n) is 6.50. The minimum absolute atomic E-state index is 0.0478. The summed E-state index contributed by atoms with van der Waals surface area (Å²) in [4.78, 5) is 4.53. The summed E-state index contributed by atoms with van der Waals surface area (Å²) in [7, 11) is -3.76. The first-order chi connectivity index (χ1) is 13.0. The van der Waals surface area contributed by atoms with Gasteiger partial charge in [0.1, 0.15) is 0 Å². The normalized spacial score (nSPS) is 11.5. The fourth-order valence-corrected chi connectivity index (χ4v) is 3.98.